The Bertz CT molecular complexity index is 531. The molecule has 1 aromatic rings. The molecule has 1 rings (SSSR count). The van der Waals surface area contributed by atoms with Crippen molar-refractivity contribution in [1.29, 1.82) is 0 Å². The van der Waals surface area contributed by atoms with Crippen LogP contribution in [0.25, 0.3) is 0 Å². The molecule has 1 aromatic heterocycles. The molecule has 0 fully saturated rings. The molecule has 0 saturated carbocycles. The highest BCUT2D eigenvalue weighted by Crippen LogP contribution is 2.07. The van der Waals surface area contributed by atoms with Crippen molar-refractivity contribution in [3.63, 3.8) is 0 Å². The van der Waals surface area contributed by atoms with Gasteiger partial charge < -0.3 is 4.74 Å². The number of carbonyl (C=O) groups is 1. The predicted octanol–water partition coefficient (Wildman–Crippen LogP) is 1.23. The van der Waals surface area contributed by atoms with Crippen molar-refractivity contribution in [1.82, 2.24) is 9.29 Å². The van der Waals surface area contributed by atoms with Crippen molar-refractivity contribution in [3.05, 3.63) is 30.1 Å². The van der Waals surface area contributed by atoms with E-state index in [1.54, 1.807) is 25.3 Å². The van der Waals surface area contributed by atoms with E-state index in [1.165, 1.54) is 4.31 Å². The number of nitrogens with zero attached hydrogens (tertiary/aromatic N) is 2. The van der Waals surface area contributed by atoms with Gasteiger partial charge in [-0.15, -0.1) is 0 Å². The highest BCUT2D eigenvalue weighted by molar-refractivity contribution is 7.89. The number of hydrogen-bond donors (Lipinski definition) is 0. The fraction of sp³-hybridized carbons (Fsp3) is 0.571. The molecule has 0 atom stereocenters. The highest BCUT2D eigenvalue weighted by Gasteiger charge is 2.24. The maximum absolute atomic E-state index is 12.3. The molecule has 0 aliphatic carbocycles. The summed E-state index contributed by atoms with van der Waals surface area (Å²) in [5.41, 5.74) is 0.716. The lowest BCUT2D eigenvalue weighted by atomic mass is 10.3. The van der Waals surface area contributed by atoms with Crippen LogP contribution >= 0.6 is 0 Å². The Morgan fingerprint density at radius 2 is 2.10 bits per heavy atom. The number of sulfonamides is 1. The zero-order valence-corrected chi connectivity index (χ0v) is 13.3. The number of ether oxygens (including phenoxy) is 1. The maximum Gasteiger partial charge on any atom is 0.321 e. The van der Waals surface area contributed by atoms with Crippen molar-refractivity contribution in [2.75, 3.05) is 25.4 Å². The average Bonchev–Trinajstić information content (AvgIpc) is 2.46. The van der Waals surface area contributed by atoms with E-state index < -0.39 is 16.0 Å². The van der Waals surface area contributed by atoms with Crippen LogP contribution in [0.3, 0.4) is 0 Å². The first-order valence-electron chi connectivity index (χ1n) is 7.03. The van der Waals surface area contributed by atoms with E-state index >= 15 is 0 Å². The molecule has 0 spiro atoms. The number of aryl methyl sites for hydroxylation is 1. The van der Waals surface area contributed by atoms with Crippen LogP contribution in [0.15, 0.2) is 24.4 Å². The molecule has 0 N–H and O–H groups in total. The molecular formula is C14H22N2O4S. The Morgan fingerprint density at radius 3 is 2.67 bits per heavy atom. The minimum Gasteiger partial charge on any atom is -0.465 e. The largest absolute Gasteiger partial charge is 0.465 e. The van der Waals surface area contributed by atoms with E-state index in [0.717, 1.165) is 0 Å². The van der Waals surface area contributed by atoms with E-state index in [0.29, 0.717) is 25.1 Å². The molecule has 6 nitrogen and oxygen atoms in total. The third-order valence-corrected chi connectivity index (χ3v) is 4.64. The number of hydrogen-bond acceptors (Lipinski definition) is 5. The number of rotatable bonds is 9. The summed E-state index contributed by atoms with van der Waals surface area (Å²) < 4.78 is 30.7. The molecule has 1 heterocycles. The lowest BCUT2D eigenvalue weighted by Gasteiger charge is -2.20. The van der Waals surface area contributed by atoms with E-state index in [9.17, 15) is 13.2 Å². The van der Waals surface area contributed by atoms with E-state index in [2.05, 4.69) is 4.98 Å². The molecule has 0 aromatic carbocycles. The molecule has 0 amide bonds. The predicted molar refractivity (Wildman–Crippen MR) is 80.2 cm³/mol. The van der Waals surface area contributed by atoms with Gasteiger partial charge >= 0.3 is 5.97 Å². The van der Waals surface area contributed by atoms with Crippen LogP contribution in [0.2, 0.25) is 0 Å². The third-order valence-electron chi connectivity index (χ3n) is 2.82. The first kappa shape index (κ1) is 17.6. The Kier molecular flexibility index (Phi) is 7.31. The highest BCUT2D eigenvalue weighted by atomic mass is 32.2. The third kappa shape index (κ3) is 6.22. The summed E-state index contributed by atoms with van der Waals surface area (Å²) in [5, 5.41) is 0. The summed E-state index contributed by atoms with van der Waals surface area (Å²) in [4.78, 5) is 15.6. The second kappa shape index (κ2) is 8.74. The molecular weight excluding hydrogens is 292 g/mol. The minimum atomic E-state index is -3.50. The fourth-order valence-corrected chi connectivity index (χ4v) is 3.31. The SMILES string of the molecule is CCCN(CC(=O)OCC)S(=O)(=O)CCc1ccccn1. The van der Waals surface area contributed by atoms with Crippen molar-refractivity contribution in [2.45, 2.75) is 26.7 Å². The summed E-state index contributed by atoms with van der Waals surface area (Å²) in [6, 6.07) is 5.38. The smallest absolute Gasteiger partial charge is 0.321 e. The molecule has 0 bridgehead atoms. The standard InChI is InChI=1S/C14H22N2O4S/c1-3-10-16(12-14(17)20-4-2)21(18,19)11-8-13-7-5-6-9-15-13/h5-7,9H,3-4,8,10-12H2,1-2H3. The van der Waals surface area contributed by atoms with E-state index in [4.69, 9.17) is 4.74 Å². The van der Waals surface area contributed by atoms with Gasteiger partial charge in [-0.05, 0) is 25.5 Å². The monoisotopic (exact) mass is 314 g/mol. The summed E-state index contributed by atoms with van der Waals surface area (Å²) in [6.07, 6.45) is 2.60. The normalized spacial score (nSPS) is 11.6. The van der Waals surface area contributed by atoms with Gasteiger partial charge in [0, 0.05) is 24.9 Å². The number of esters is 1. The van der Waals surface area contributed by atoms with Gasteiger partial charge in [-0.25, -0.2) is 8.42 Å². The Labute approximate surface area is 126 Å². The number of pyridine rings is 1. The van der Waals surface area contributed by atoms with Crippen LogP contribution in [0.5, 0.6) is 0 Å². The average molecular weight is 314 g/mol. The molecule has 0 saturated heterocycles. The van der Waals surface area contributed by atoms with Crippen LogP contribution in [0.1, 0.15) is 26.0 Å². The minimum absolute atomic E-state index is 0.0661. The van der Waals surface area contributed by atoms with Crippen molar-refractivity contribution < 1.29 is 17.9 Å². The summed E-state index contributed by atoms with van der Waals surface area (Å²) in [5.74, 6) is -0.587. The Morgan fingerprint density at radius 1 is 1.33 bits per heavy atom. The molecule has 21 heavy (non-hydrogen) atoms. The first-order valence-corrected chi connectivity index (χ1v) is 8.63. The molecule has 0 aliphatic heterocycles. The van der Waals surface area contributed by atoms with Crippen molar-refractivity contribution in [2.24, 2.45) is 0 Å². The molecule has 0 aliphatic rings. The van der Waals surface area contributed by atoms with E-state index in [1.807, 2.05) is 13.0 Å². The second-order valence-corrected chi connectivity index (χ2v) is 6.61. The van der Waals surface area contributed by atoms with Crippen LogP contribution in [0, 0.1) is 0 Å². The van der Waals surface area contributed by atoms with Crippen LogP contribution in [-0.4, -0.2) is 49.1 Å². The topological polar surface area (TPSA) is 76.6 Å². The van der Waals surface area contributed by atoms with Gasteiger partial charge in [0.15, 0.2) is 0 Å². The van der Waals surface area contributed by atoms with Gasteiger partial charge in [-0.3, -0.25) is 9.78 Å². The number of aromatic nitrogens is 1. The molecule has 118 valence electrons. The van der Waals surface area contributed by atoms with Gasteiger partial charge in [0.1, 0.15) is 6.54 Å². The molecule has 7 heteroatoms. The van der Waals surface area contributed by atoms with Gasteiger partial charge in [-0.2, -0.15) is 4.31 Å². The van der Waals surface area contributed by atoms with E-state index in [-0.39, 0.29) is 18.9 Å². The zero-order chi connectivity index (χ0) is 15.7. The van der Waals surface area contributed by atoms with Gasteiger partial charge in [0.05, 0.1) is 12.4 Å². The molecule has 0 unspecified atom stereocenters. The van der Waals surface area contributed by atoms with Crippen molar-refractivity contribution >= 4 is 16.0 Å². The van der Waals surface area contributed by atoms with Crippen LogP contribution < -0.4 is 0 Å². The quantitative estimate of drug-likeness (QED) is 0.641. The van der Waals surface area contributed by atoms with Crippen LogP contribution in [0.4, 0.5) is 0 Å². The summed E-state index contributed by atoms with van der Waals surface area (Å²) >= 11 is 0. The number of carbonyl (C=O) groups excluding carboxylic acids is 1. The fourth-order valence-electron chi connectivity index (χ4n) is 1.83. The Balaban J connectivity index is 2.68. The van der Waals surface area contributed by atoms with Gasteiger partial charge in [0.25, 0.3) is 0 Å². The summed E-state index contributed by atoms with van der Waals surface area (Å²) in [7, 11) is -3.50. The second-order valence-electron chi connectivity index (χ2n) is 4.53. The maximum atomic E-state index is 12.3. The zero-order valence-electron chi connectivity index (χ0n) is 12.5. The lowest BCUT2D eigenvalue weighted by Crippen LogP contribution is -2.38. The summed E-state index contributed by atoms with van der Waals surface area (Å²) in [6.45, 7) is 3.88. The van der Waals surface area contributed by atoms with Gasteiger partial charge in [-0.1, -0.05) is 13.0 Å². The Hall–Kier alpha value is -1.47. The lowest BCUT2D eigenvalue weighted by molar-refractivity contribution is -0.143. The first-order chi connectivity index (χ1) is 9.99. The van der Waals surface area contributed by atoms with Gasteiger partial charge in [0.2, 0.25) is 10.0 Å². The van der Waals surface area contributed by atoms with Crippen LogP contribution in [-0.2, 0) is 26.0 Å². The van der Waals surface area contributed by atoms with Crippen molar-refractivity contribution in [3.8, 4) is 0 Å². The molecule has 0 radical (unpaired) electrons.